The van der Waals surface area contributed by atoms with Crippen LogP contribution in [0.5, 0.6) is 17.2 Å². The van der Waals surface area contributed by atoms with Gasteiger partial charge in [0.2, 0.25) is 0 Å². The van der Waals surface area contributed by atoms with Gasteiger partial charge in [-0.05, 0) is 72.9 Å². The topological polar surface area (TPSA) is 113 Å². The Morgan fingerprint density at radius 1 is 0.930 bits per heavy atom. The molecule has 2 aromatic heterocycles. The summed E-state index contributed by atoms with van der Waals surface area (Å²) in [5.41, 5.74) is 2.64. The van der Waals surface area contributed by atoms with Crippen molar-refractivity contribution in [3.8, 4) is 22.9 Å². The van der Waals surface area contributed by atoms with Crippen LogP contribution in [0.4, 0.5) is 6.01 Å². The second-order valence-corrected chi connectivity index (χ2v) is 12.2. The Morgan fingerprint density at radius 2 is 1.74 bits per heavy atom. The maximum Gasteiger partial charge on any atom is 0.311 e. The van der Waals surface area contributed by atoms with Crippen LogP contribution in [0.25, 0.3) is 16.6 Å². The quantitative estimate of drug-likeness (QED) is 0.201. The molecular weight excluding hydrogens is 570 g/mol. The second-order valence-electron chi connectivity index (χ2n) is 10.3. The van der Waals surface area contributed by atoms with Crippen molar-refractivity contribution in [2.45, 2.75) is 36.6 Å². The van der Waals surface area contributed by atoms with Gasteiger partial charge in [0, 0.05) is 23.1 Å². The second kappa shape index (κ2) is 11.5. The first-order valence-electron chi connectivity index (χ1n) is 13.8. The summed E-state index contributed by atoms with van der Waals surface area (Å²) in [7, 11) is 0.435. The zero-order valence-corrected chi connectivity index (χ0v) is 24.8. The summed E-state index contributed by atoms with van der Waals surface area (Å²) in [6.45, 7) is -0.113. The molecule has 0 amide bonds. The van der Waals surface area contributed by atoms with Gasteiger partial charge in [0.05, 0.1) is 50.2 Å². The molecular formula is C32H31N3O7S. The highest BCUT2D eigenvalue weighted by molar-refractivity contribution is 7.92. The number of pyridine rings is 1. The minimum Gasteiger partial charge on any atom is -0.497 e. The highest BCUT2D eigenvalue weighted by Crippen LogP contribution is 2.39. The van der Waals surface area contributed by atoms with Gasteiger partial charge < -0.3 is 18.6 Å². The molecule has 1 aliphatic rings. The molecule has 1 saturated carbocycles. The number of hydrogen-bond acceptors (Lipinski definition) is 8. The van der Waals surface area contributed by atoms with E-state index in [0.717, 1.165) is 17.1 Å². The van der Waals surface area contributed by atoms with E-state index < -0.39 is 10.0 Å². The third-order valence-corrected chi connectivity index (χ3v) is 9.63. The molecule has 0 atom stereocenters. The lowest BCUT2D eigenvalue weighted by Crippen LogP contribution is -2.31. The van der Waals surface area contributed by atoms with Crippen LogP contribution < -0.4 is 24.1 Å². The van der Waals surface area contributed by atoms with E-state index >= 15 is 0 Å². The van der Waals surface area contributed by atoms with Crippen LogP contribution in [0.3, 0.4) is 0 Å². The number of ether oxygens (including phenoxy) is 3. The van der Waals surface area contributed by atoms with Crippen molar-refractivity contribution in [2.75, 3.05) is 25.6 Å². The highest BCUT2D eigenvalue weighted by Gasteiger charge is 2.30. The van der Waals surface area contributed by atoms with Crippen molar-refractivity contribution in [1.29, 1.82) is 0 Å². The SMILES string of the molecule is COc1ccc(CN(c2ncco2)S(=O)(=O)c2ccc3c(ccc(=O)n3-c3ccc(C4CCC4)cc3OC)c2)c(OC)c1. The van der Waals surface area contributed by atoms with Gasteiger partial charge in [-0.15, -0.1) is 0 Å². The highest BCUT2D eigenvalue weighted by atomic mass is 32.2. The molecule has 222 valence electrons. The molecule has 1 fully saturated rings. The minimum absolute atomic E-state index is 0.00294. The third-order valence-electron chi connectivity index (χ3n) is 7.92. The Labute approximate surface area is 249 Å². The van der Waals surface area contributed by atoms with E-state index in [9.17, 15) is 13.2 Å². The number of sulfonamides is 1. The molecule has 3 aromatic carbocycles. The Kier molecular flexibility index (Phi) is 7.57. The van der Waals surface area contributed by atoms with Crippen molar-refractivity contribution in [2.24, 2.45) is 0 Å². The predicted molar refractivity (Wildman–Crippen MR) is 162 cm³/mol. The number of benzene rings is 3. The summed E-state index contributed by atoms with van der Waals surface area (Å²) < 4.78 is 52.8. The van der Waals surface area contributed by atoms with Crippen LogP contribution in [-0.4, -0.2) is 39.3 Å². The fourth-order valence-corrected chi connectivity index (χ4v) is 6.74. The molecule has 5 aromatic rings. The molecule has 2 heterocycles. The van der Waals surface area contributed by atoms with Crippen LogP contribution in [0.15, 0.2) is 93.3 Å². The van der Waals surface area contributed by atoms with Gasteiger partial charge in [-0.3, -0.25) is 9.36 Å². The summed E-state index contributed by atoms with van der Waals surface area (Å²) in [4.78, 5) is 17.3. The Bertz CT molecular complexity index is 1950. The zero-order valence-electron chi connectivity index (χ0n) is 24.0. The van der Waals surface area contributed by atoms with Crippen LogP contribution in [0.2, 0.25) is 0 Å². The van der Waals surface area contributed by atoms with Crippen LogP contribution >= 0.6 is 0 Å². The number of rotatable bonds is 10. The number of hydrogen-bond donors (Lipinski definition) is 0. The predicted octanol–water partition coefficient (Wildman–Crippen LogP) is 5.67. The maximum absolute atomic E-state index is 14.1. The van der Waals surface area contributed by atoms with Crippen molar-refractivity contribution >= 4 is 26.9 Å². The van der Waals surface area contributed by atoms with Crippen LogP contribution in [0, 0.1) is 0 Å². The third kappa shape index (κ3) is 5.20. The Morgan fingerprint density at radius 3 is 2.42 bits per heavy atom. The zero-order chi connectivity index (χ0) is 30.1. The van der Waals surface area contributed by atoms with Gasteiger partial charge in [0.15, 0.2) is 0 Å². The number of aromatic nitrogens is 2. The van der Waals surface area contributed by atoms with E-state index in [0.29, 0.717) is 45.3 Å². The van der Waals surface area contributed by atoms with E-state index in [-0.39, 0.29) is 23.0 Å². The minimum atomic E-state index is -4.19. The first-order chi connectivity index (χ1) is 20.8. The van der Waals surface area contributed by atoms with E-state index in [2.05, 4.69) is 4.98 Å². The maximum atomic E-state index is 14.1. The van der Waals surface area contributed by atoms with E-state index in [1.165, 1.54) is 56.9 Å². The number of methoxy groups -OCH3 is 3. The number of fused-ring (bicyclic) bond motifs is 1. The summed E-state index contributed by atoms with van der Waals surface area (Å²) in [6.07, 6.45) is 6.19. The molecule has 11 heteroatoms. The summed E-state index contributed by atoms with van der Waals surface area (Å²) in [5.74, 6) is 2.11. The Hall–Kier alpha value is -4.77. The van der Waals surface area contributed by atoms with Gasteiger partial charge in [0.1, 0.15) is 23.5 Å². The number of oxazole rings is 1. The van der Waals surface area contributed by atoms with Crippen LogP contribution in [0.1, 0.15) is 36.3 Å². The Balaban J connectivity index is 1.42. The summed E-state index contributed by atoms with van der Waals surface area (Å²) >= 11 is 0. The average molecular weight is 602 g/mol. The van der Waals surface area contributed by atoms with Crippen molar-refractivity contribution in [1.82, 2.24) is 9.55 Å². The van der Waals surface area contributed by atoms with Crippen LogP contribution in [-0.2, 0) is 16.6 Å². The average Bonchev–Trinajstić information content (AvgIpc) is 3.53. The lowest BCUT2D eigenvalue weighted by molar-refractivity contribution is 0.391. The molecule has 0 unspecified atom stereocenters. The largest absolute Gasteiger partial charge is 0.497 e. The smallest absolute Gasteiger partial charge is 0.311 e. The van der Waals surface area contributed by atoms with Gasteiger partial charge in [-0.1, -0.05) is 12.5 Å². The first-order valence-corrected chi connectivity index (χ1v) is 15.3. The molecule has 0 aliphatic heterocycles. The first kappa shape index (κ1) is 28.4. The summed E-state index contributed by atoms with van der Waals surface area (Å²) in [6, 6.07) is 18.6. The van der Waals surface area contributed by atoms with Gasteiger partial charge >= 0.3 is 6.01 Å². The molecule has 0 spiro atoms. The fourth-order valence-electron chi connectivity index (χ4n) is 5.37. The van der Waals surface area contributed by atoms with Gasteiger partial charge in [-0.2, -0.15) is 0 Å². The molecule has 43 heavy (non-hydrogen) atoms. The van der Waals surface area contributed by atoms with Gasteiger partial charge in [0.25, 0.3) is 15.6 Å². The van der Waals surface area contributed by atoms with E-state index in [4.69, 9.17) is 18.6 Å². The van der Waals surface area contributed by atoms with Crippen molar-refractivity contribution in [3.05, 3.63) is 101 Å². The monoisotopic (exact) mass is 601 g/mol. The summed E-state index contributed by atoms with van der Waals surface area (Å²) in [5, 5.41) is 0.556. The molecule has 0 bridgehead atoms. The molecule has 1 aliphatic carbocycles. The van der Waals surface area contributed by atoms with Crippen molar-refractivity contribution < 1.29 is 27.0 Å². The number of nitrogens with zero attached hydrogens (tertiary/aromatic N) is 3. The standard InChI is InChI=1S/C32H31N3O7S/c1-39-25-10-7-24(29(19-25)40-2)20-34(32-33-15-16-42-32)43(37,38)26-11-13-27-23(17-26)9-14-31(36)35(27)28-12-8-22(18-30(28)41-3)21-5-4-6-21/h7-19,21H,4-6,20H2,1-3H3. The lowest BCUT2D eigenvalue weighted by atomic mass is 9.80. The lowest BCUT2D eigenvalue weighted by Gasteiger charge is -2.26. The molecule has 0 N–H and O–H groups in total. The van der Waals surface area contributed by atoms with E-state index in [1.54, 1.807) is 42.0 Å². The van der Waals surface area contributed by atoms with E-state index in [1.807, 2.05) is 18.2 Å². The normalized spacial score (nSPS) is 13.5. The van der Waals surface area contributed by atoms with Crippen molar-refractivity contribution in [3.63, 3.8) is 0 Å². The van der Waals surface area contributed by atoms with Gasteiger partial charge in [-0.25, -0.2) is 17.7 Å². The molecule has 0 radical (unpaired) electrons. The molecule has 10 nitrogen and oxygen atoms in total. The molecule has 0 saturated heterocycles. The number of anilines is 1. The fraction of sp³-hybridized carbons (Fsp3) is 0.250. The molecule has 6 rings (SSSR count).